The van der Waals surface area contributed by atoms with Crippen molar-refractivity contribution in [3.8, 4) is 0 Å². The molecule has 2 N–H and O–H groups in total. The summed E-state index contributed by atoms with van der Waals surface area (Å²) in [5, 5.41) is 12.7. The summed E-state index contributed by atoms with van der Waals surface area (Å²) in [5.41, 5.74) is 1.32. The highest BCUT2D eigenvalue weighted by molar-refractivity contribution is 8.00. The number of carbonyl (C=O) groups is 3. The Morgan fingerprint density at radius 2 is 1.71 bits per heavy atom. The number of β-lactam (4-membered cyclic amide) rings is 1. The summed E-state index contributed by atoms with van der Waals surface area (Å²) in [7, 11) is 0. The van der Waals surface area contributed by atoms with Crippen LogP contribution in [0.4, 0.5) is 0 Å². The Balaban J connectivity index is 1.33. The zero-order chi connectivity index (χ0) is 24.4. The van der Waals surface area contributed by atoms with Crippen molar-refractivity contribution in [3.63, 3.8) is 0 Å². The Kier molecular flexibility index (Phi) is 6.33. The van der Waals surface area contributed by atoms with E-state index in [1.807, 2.05) is 60.7 Å². The van der Waals surface area contributed by atoms with Gasteiger partial charge >= 0.3 is 5.97 Å². The van der Waals surface area contributed by atoms with Gasteiger partial charge in [0, 0.05) is 0 Å². The van der Waals surface area contributed by atoms with E-state index in [9.17, 15) is 19.5 Å². The highest BCUT2D eigenvalue weighted by Gasteiger charge is 2.55. The summed E-state index contributed by atoms with van der Waals surface area (Å²) in [6, 6.07) is 21.0. The number of nitrogens with zero attached hydrogens (tertiary/aromatic N) is 1. The van der Waals surface area contributed by atoms with Crippen molar-refractivity contribution in [1.82, 2.24) is 10.2 Å². The topological polar surface area (TPSA) is 109 Å². The van der Waals surface area contributed by atoms with Crippen molar-refractivity contribution in [2.75, 3.05) is 5.75 Å². The molecule has 0 spiro atoms. The van der Waals surface area contributed by atoms with E-state index in [2.05, 4.69) is 5.32 Å². The Labute approximate surface area is 205 Å². The number of ether oxygens (including phenoxy) is 1. The fraction of sp³-hybridized carbons (Fsp3) is 0.192. The minimum absolute atomic E-state index is 0.0000138. The molecule has 0 saturated carbocycles. The van der Waals surface area contributed by atoms with E-state index in [-0.39, 0.29) is 29.5 Å². The summed E-state index contributed by atoms with van der Waals surface area (Å²) in [5.74, 6) is -1.29. The third-order valence-electron chi connectivity index (χ3n) is 5.80. The lowest BCUT2D eigenvalue weighted by atomic mass is 10.0. The van der Waals surface area contributed by atoms with Gasteiger partial charge in [-0.3, -0.25) is 14.5 Å². The van der Waals surface area contributed by atoms with Crippen molar-refractivity contribution in [3.05, 3.63) is 107 Å². The Hall–Kier alpha value is -3.98. The second-order valence-electron chi connectivity index (χ2n) is 8.11. The molecule has 2 atom stereocenters. The SMILES string of the molecule is O=C(Cc1ccco1)NC1C(=O)N2C(C(=O)OC(c3ccccc3)c3ccccc3)=C(O)CS[C@H]12. The molecule has 0 radical (unpaired) electrons. The number of hydrogen-bond acceptors (Lipinski definition) is 7. The van der Waals surface area contributed by atoms with E-state index in [0.29, 0.717) is 5.76 Å². The molecule has 9 heteroatoms. The fourth-order valence-electron chi connectivity index (χ4n) is 4.14. The first-order chi connectivity index (χ1) is 17.0. The van der Waals surface area contributed by atoms with Gasteiger partial charge in [0.1, 0.15) is 22.9 Å². The molecule has 1 unspecified atom stereocenters. The number of fused-ring (bicyclic) bond motifs is 1. The van der Waals surface area contributed by atoms with Gasteiger partial charge in [-0.2, -0.15) is 0 Å². The van der Waals surface area contributed by atoms with Crippen LogP contribution in [-0.4, -0.2) is 45.0 Å². The molecule has 3 aromatic rings. The number of furan rings is 1. The first kappa shape index (κ1) is 22.8. The maximum absolute atomic E-state index is 13.3. The molecule has 35 heavy (non-hydrogen) atoms. The number of hydrogen-bond donors (Lipinski definition) is 2. The lowest BCUT2D eigenvalue weighted by Gasteiger charge is -2.48. The van der Waals surface area contributed by atoms with Crippen LogP contribution in [-0.2, 0) is 25.5 Å². The van der Waals surface area contributed by atoms with Crippen molar-refractivity contribution in [2.24, 2.45) is 0 Å². The maximum Gasteiger partial charge on any atom is 0.359 e. The number of aliphatic hydroxyl groups is 1. The van der Waals surface area contributed by atoms with Crippen LogP contribution >= 0.6 is 11.8 Å². The monoisotopic (exact) mass is 490 g/mol. The lowest BCUT2D eigenvalue weighted by molar-refractivity contribution is -0.155. The molecule has 178 valence electrons. The Morgan fingerprint density at radius 3 is 2.31 bits per heavy atom. The van der Waals surface area contributed by atoms with Crippen LogP contribution in [0.25, 0.3) is 0 Å². The van der Waals surface area contributed by atoms with Crippen LogP contribution < -0.4 is 5.32 Å². The van der Waals surface area contributed by atoms with Gasteiger partial charge in [0.15, 0.2) is 11.8 Å². The zero-order valence-corrected chi connectivity index (χ0v) is 19.3. The van der Waals surface area contributed by atoms with Gasteiger partial charge in [0.05, 0.1) is 18.4 Å². The van der Waals surface area contributed by atoms with Crippen LogP contribution in [0, 0.1) is 0 Å². The standard InChI is InChI=1S/C26H22N2O6S/c29-19-15-35-25-21(27-20(30)14-18-12-7-13-33-18)24(31)28(25)22(19)26(32)34-23(16-8-3-1-4-9-16)17-10-5-2-6-11-17/h1-13,21,23,25,29H,14-15H2,(H,27,30)/t21?,25-/m1/s1. The summed E-state index contributed by atoms with van der Waals surface area (Å²) in [4.78, 5) is 39.8. The number of nitrogens with one attached hydrogen (secondary N) is 1. The van der Waals surface area contributed by atoms with E-state index in [1.54, 1.807) is 12.1 Å². The molecule has 1 fully saturated rings. The highest BCUT2D eigenvalue weighted by atomic mass is 32.2. The van der Waals surface area contributed by atoms with Gasteiger partial charge < -0.3 is 19.6 Å². The predicted molar refractivity (Wildman–Crippen MR) is 128 cm³/mol. The number of thioether (sulfide) groups is 1. The Morgan fingerprint density at radius 1 is 1.06 bits per heavy atom. The number of benzene rings is 2. The van der Waals surface area contributed by atoms with Gasteiger partial charge in [0.25, 0.3) is 5.91 Å². The van der Waals surface area contributed by atoms with Gasteiger partial charge in [-0.15, -0.1) is 11.8 Å². The third-order valence-corrected chi connectivity index (χ3v) is 7.07. The van der Waals surface area contributed by atoms with Crippen LogP contribution in [0.3, 0.4) is 0 Å². The molecule has 0 bridgehead atoms. The van der Waals surface area contributed by atoms with Crippen LogP contribution in [0.15, 0.2) is 94.9 Å². The van der Waals surface area contributed by atoms with E-state index in [4.69, 9.17) is 9.15 Å². The van der Waals surface area contributed by atoms with Crippen LogP contribution in [0.1, 0.15) is 23.0 Å². The third kappa shape index (κ3) is 4.54. The summed E-state index contributed by atoms with van der Waals surface area (Å²) >= 11 is 1.27. The number of carbonyl (C=O) groups excluding carboxylic acids is 3. The molecule has 8 nitrogen and oxygen atoms in total. The van der Waals surface area contributed by atoms with E-state index in [1.165, 1.54) is 22.9 Å². The molecule has 2 aromatic carbocycles. The summed E-state index contributed by atoms with van der Waals surface area (Å²) in [6.07, 6.45) is 0.748. The molecule has 5 rings (SSSR count). The minimum atomic E-state index is -0.808. The summed E-state index contributed by atoms with van der Waals surface area (Å²) < 4.78 is 11.0. The second kappa shape index (κ2) is 9.71. The van der Waals surface area contributed by atoms with Crippen molar-refractivity contribution in [2.45, 2.75) is 23.9 Å². The number of aliphatic hydroxyl groups excluding tert-OH is 1. The van der Waals surface area contributed by atoms with E-state index >= 15 is 0 Å². The molecular formula is C26H22N2O6S. The predicted octanol–water partition coefficient (Wildman–Crippen LogP) is 3.32. The van der Waals surface area contributed by atoms with Crippen LogP contribution in [0.2, 0.25) is 0 Å². The van der Waals surface area contributed by atoms with Gasteiger partial charge in [-0.25, -0.2) is 4.79 Å². The molecule has 2 amide bonds. The normalized spacial score (nSPS) is 19.2. The lowest BCUT2D eigenvalue weighted by Crippen LogP contribution is -2.70. The summed E-state index contributed by atoms with van der Waals surface area (Å²) in [6.45, 7) is 0. The minimum Gasteiger partial charge on any atom is -0.509 e. The smallest absolute Gasteiger partial charge is 0.359 e. The number of rotatable bonds is 7. The largest absolute Gasteiger partial charge is 0.509 e. The van der Waals surface area contributed by atoms with Gasteiger partial charge in [0.2, 0.25) is 5.91 Å². The van der Waals surface area contributed by atoms with Crippen molar-refractivity contribution in [1.29, 1.82) is 0 Å². The van der Waals surface area contributed by atoms with Gasteiger partial charge in [-0.05, 0) is 23.3 Å². The molecule has 1 aromatic heterocycles. The van der Waals surface area contributed by atoms with E-state index in [0.717, 1.165) is 11.1 Å². The van der Waals surface area contributed by atoms with Crippen molar-refractivity contribution < 1.29 is 28.6 Å². The number of esters is 1. The van der Waals surface area contributed by atoms with Crippen LogP contribution in [0.5, 0.6) is 0 Å². The first-order valence-electron chi connectivity index (χ1n) is 11.0. The zero-order valence-electron chi connectivity index (χ0n) is 18.5. The molecular weight excluding hydrogens is 468 g/mol. The fourth-order valence-corrected chi connectivity index (χ4v) is 5.34. The molecule has 1 saturated heterocycles. The van der Waals surface area contributed by atoms with Gasteiger partial charge in [-0.1, -0.05) is 60.7 Å². The first-order valence-corrected chi connectivity index (χ1v) is 12.1. The Bertz CT molecular complexity index is 1220. The molecule has 2 aliphatic heterocycles. The molecule has 0 aliphatic carbocycles. The molecule has 2 aliphatic rings. The quantitative estimate of drug-likeness (QED) is 0.386. The maximum atomic E-state index is 13.3. The average molecular weight is 491 g/mol. The van der Waals surface area contributed by atoms with Crippen molar-refractivity contribution >= 4 is 29.5 Å². The van der Waals surface area contributed by atoms with E-state index < -0.39 is 29.4 Å². The number of amides is 2. The highest BCUT2D eigenvalue weighted by Crippen LogP contribution is 2.41. The second-order valence-corrected chi connectivity index (χ2v) is 9.22. The average Bonchev–Trinajstić information content (AvgIpc) is 3.39. The molecule has 3 heterocycles.